The molecule has 0 saturated carbocycles. The minimum absolute atomic E-state index is 0.0304. The van der Waals surface area contributed by atoms with Gasteiger partial charge in [-0.25, -0.2) is 13.2 Å². The molecule has 1 N–H and O–H groups in total. The van der Waals surface area contributed by atoms with Gasteiger partial charge in [-0.05, 0) is 48.4 Å². The fourth-order valence-electron chi connectivity index (χ4n) is 2.21. The number of carbonyl (C=O) groups excluding carboxylic acids is 1. The van der Waals surface area contributed by atoms with Crippen molar-refractivity contribution in [2.75, 3.05) is 19.5 Å². The van der Waals surface area contributed by atoms with E-state index < -0.39 is 20.7 Å². The molecule has 0 aliphatic heterocycles. The third kappa shape index (κ3) is 4.43. The molecular formula is C19H21NO5S. The van der Waals surface area contributed by atoms with Crippen molar-refractivity contribution in [2.24, 2.45) is 0 Å². The molecule has 138 valence electrons. The highest BCUT2D eigenvalue weighted by atomic mass is 32.2. The first-order valence-electron chi connectivity index (χ1n) is 7.95. The molecule has 7 heteroatoms. The van der Waals surface area contributed by atoms with Gasteiger partial charge in [-0.3, -0.25) is 0 Å². The number of carbonyl (C=O) groups is 1. The Labute approximate surface area is 153 Å². The second kappa shape index (κ2) is 8.53. The summed E-state index contributed by atoms with van der Waals surface area (Å²) in [7, 11) is -1.33. The molecule has 0 atom stereocenters. The van der Waals surface area contributed by atoms with Crippen LogP contribution < -0.4 is 10.1 Å². The summed E-state index contributed by atoms with van der Waals surface area (Å²) >= 11 is 0. The van der Waals surface area contributed by atoms with Gasteiger partial charge in [0.25, 0.3) is 0 Å². The van der Waals surface area contributed by atoms with Gasteiger partial charge in [-0.15, -0.1) is 0 Å². The van der Waals surface area contributed by atoms with E-state index in [0.29, 0.717) is 11.4 Å². The van der Waals surface area contributed by atoms with Gasteiger partial charge in [0.05, 0.1) is 19.1 Å². The molecule has 26 heavy (non-hydrogen) atoms. The minimum atomic E-state index is -4.02. The number of nitrogens with one attached hydrogen (secondary N) is 1. The van der Waals surface area contributed by atoms with E-state index in [9.17, 15) is 13.2 Å². The topological polar surface area (TPSA) is 81.7 Å². The van der Waals surface area contributed by atoms with Gasteiger partial charge in [-0.1, -0.05) is 19.1 Å². The van der Waals surface area contributed by atoms with Gasteiger partial charge in [0.2, 0.25) is 9.84 Å². The third-order valence-corrected chi connectivity index (χ3v) is 5.53. The molecular weight excluding hydrogens is 354 g/mol. The summed E-state index contributed by atoms with van der Waals surface area (Å²) in [4.78, 5) is 11.6. The zero-order chi connectivity index (χ0) is 19.2. The van der Waals surface area contributed by atoms with E-state index in [4.69, 9.17) is 4.74 Å². The summed E-state index contributed by atoms with van der Waals surface area (Å²) in [6.07, 6.45) is 1.93. The second-order valence-corrected chi connectivity index (χ2v) is 7.29. The van der Waals surface area contributed by atoms with Crippen LogP contribution in [0.1, 0.15) is 12.5 Å². The lowest BCUT2D eigenvalue weighted by molar-refractivity contribution is -0.135. The van der Waals surface area contributed by atoms with E-state index in [0.717, 1.165) is 25.3 Å². The quantitative estimate of drug-likeness (QED) is 0.591. The predicted octanol–water partition coefficient (Wildman–Crippen LogP) is 3.16. The van der Waals surface area contributed by atoms with Crippen LogP contribution in [0, 0.1) is 0 Å². The summed E-state index contributed by atoms with van der Waals surface area (Å²) in [6, 6.07) is 13.2. The van der Waals surface area contributed by atoms with Crippen molar-refractivity contribution in [3.05, 3.63) is 65.2 Å². The maximum atomic E-state index is 12.8. The monoisotopic (exact) mass is 375 g/mol. The van der Waals surface area contributed by atoms with Crippen LogP contribution >= 0.6 is 0 Å². The lowest BCUT2D eigenvalue weighted by Crippen LogP contribution is -2.17. The van der Waals surface area contributed by atoms with Crippen molar-refractivity contribution < 1.29 is 22.7 Å². The number of aryl methyl sites for hydroxylation is 1. The Morgan fingerprint density at radius 3 is 2.15 bits per heavy atom. The van der Waals surface area contributed by atoms with Gasteiger partial charge < -0.3 is 14.8 Å². The van der Waals surface area contributed by atoms with Crippen molar-refractivity contribution in [3.8, 4) is 5.75 Å². The lowest BCUT2D eigenvalue weighted by Gasteiger charge is -2.09. The molecule has 0 aliphatic rings. The van der Waals surface area contributed by atoms with Crippen molar-refractivity contribution in [1.29, 1.82) is 0 Å². The van der Waals surface area contributed by atoms with Crippen LogP contribution in [0.2, 0.25) is 0 Å². The Bertz CT molecular complexity index is 885. The standard InChI is InChI=1S/C19H21NO5S/c1-4-14-5-11-17(12-6-14)26(22,23)18(19(21)25-3)13-20-15-7-9-16(24-2)10-8-15/h5-13,20H,4H2,1-3H3/b18-13-. The molecule has 0 spiro atoms. The number of ether oxygens (including phenoxy) is 2. The van der Waals surface area contributed by atoms with Crippen molar-refractivity contribution in [3.63, 3.8) is 0 Å². The fourth-order valence-corrected chi connectivity index (χ4v) is 3.48. The molecule has 0 fully saturated rings. The van der Waals surface area contributed by atoms with Crippen molar-refractivity contribution in [2.45, 2.75) is 18.2 Å². The molecule has 2 aromatic carbocycles. The van der Waals surface area contributed by atoms with Crippen LogP contribution in [0.15, 0.2) is 64.5 Å². The van der Waals surface area contributed by atoms with Crippen LogP contribution in [-0.4, -0.2) is 28.6 Å². The summed E-state index contributed by atoms with van der Waals surface area (Å²) in [6.45, 7) is 1.97. The zero-order valence-corrected chi connectivity index (χ0v) is 15.7. The molecule has 0 unspecified atom stereocenters. The van der Waals surface area contributed by atoms with Gasteiger partial charge in [0, 0.05) is 11.9 Å². The second-order valence-electron chi connectivity index (χ2n) is 5.37. The lowest BCUT2D eigenvalue weighted by atomic mass is 10.2. The number of esters is 1. The molecule has 0 amide bonds. The largest absolute Gasteiger partial charge is 0.497 e. The van der Waals surface area contributed by atoms with E-state index in [-0.39, 0.29) is 4.90 Å². The minimum Gasteiger partial charge on any atom is -0.497 e. The third-order valence-electron chi connectivity index (χ3n) is 3.78. The molecule has 0 saturated heterocycles. The first-order valence-corrected chi connectivity index (χ1v) is 9.43. The maximum absolute atomic E-state index is 12.8. The highest BCUT2D eigenvalue weighted by Gasteiger charge is 2.28. The average molecular weight is 375 g/mol. The Morgan fingerprint density at radius 1 is 1.04 bits per heavy atom. The molecule has 0 aromatic heterocycles. The van der Waals surface area contributed by atoms with E-state index in [1.165, 1.54) is 12.1 Å². The van der Waals surface area contributed by atoms with E-state index in [1.807, 2.05) is 6.92 Å². The number of hydrogen-bond acceptors (Lipinski definition) is 6. The van der Waals surface area contributed by atoms with Crippen LogP contribution in [0.3, 0.4) is 0 Å². The van der Waals surface area contributed by atoms with Gasteiger partial charge >= 0.3 is 5.97 Å². The molecule has 2 rings (SSSR count). The number of sulfone groups is 1. The van der Waals surface area contributed by atoms with Crippen LogP contribution in [0.25, 0.3) is 0 Å². The Kier molecular flexibility index (Phi) is 6.41. The number of rotatable bonds is 7. The first kappa shape index (κ1) is 19.5. The average Bonchev–Trinajstić information content (AvgIpc) is 2.68. The maximum Gasteiger partial charge on any atom is 0.351 e. The number of anilines is 1. The SMILES string of the molecule is CCc1ccc(S(=O)(=O)/C(=C\Nc2ccc(OC)cc2)C(=O)OC)cc1. The molecule has 0 radical (unpaired) electrons. The molecule has 0 aliphatic carbocycles. The van der Waals surface area contributed by atoms with Gasteiger partial charge in [0.15, 0.2) is 4.91 Å². The number of benzene rings is 2. The van der Waals surface area contributed by atoms with Crippen LogP contribution in [0.5, 0.6) is 5.75 Å². The summed E-state index contributed by atoms with van der Waals surface area (Å²) in [5, 5.41) is 2.81. The Hall–Kier alpha value is -2.80. The Balaban J connectivity index is 2.36. The van der Waals surface area contributed by atoms with E-state index >= 15 is 0 Å². The van der Waals surface area contributed by atoms with Crippen molar-refractivity contribution in [1.82, 2.24) is 0 Å². The van der Waals surface area contributed by atoms with Crippen LogP contribution in [-0.2, 0) is 25.8 Å². The molecule has 0 bridgehead atoms. The van der Waals surface area contributed by atoms with Crippen LogP contribution in [0.4, 0.5) is 5.69 Å². The normalized spacial score (nSPS) is 11.7. The van der Waals surface area contributed by atoms with Crippen molar-refractivity contribution >= 4 is 21.5 Å². The number of methoxy groups -OCH3 is 2. The smallest absolute Gasteiger partial charge is 0.351 e. The summed E-state index contributed by atoms with van der Waals surface area (Å²) in [5.41, 5.74) is 1.60. The van der Waals surface area contributed by atoms with Gasteiger partial charge in [-0.2, -0.15) is 0 Å². The molecule has 6 nitrogen and oxygen atoms in total. The zero-order valence-electron chi connectivity index (χ0n) is 14.9. The summed E-state index contributed by atoms with van der Waals surface area (Å²) < 4.78 is 35.4. The molecule has 0 heterocycles. The Morgan fingerprint density at radius 2 is 1.65 bits per heavy atom. The molecule has 2 aromatic rings. The highest BCUT2D eigenvalue weighted by molar-refractivity contribution is 7.96. The fraction of sp³-hybridized carbons (Fsp3) is 0.211. The number of hydrogen-bond donors (Lipinski definition) is 1. The predicted molar refractivity (Wildman–Crippen MR) is 99.7 cm³/mol. The van der Waals surface area contributed by atoms with E-state index in [2.05, 4.69) is 10.1 Å². The first-order chi connectivity index (χ1) is 12.4. The van der Waals surface area contributed by atoms with Gasteiger partial charge in [0.1, 0.15) is 5.75 Å². The highest BCUT2D eigenvalue weighted by Crippen LogP contribution is 2.22. The van der Waals surface area contributed by atoms with E-state index in [1.54, 1.807) is 43.5 Å². The summed E-state index contributed by atoms with van der Waals surface area (Å²) in [5.74, 6) is -0.276.